The smallest absolute Gasteiger partial charge is 0.282 e. The molecule has 0 aliphatic carbocycles. The van der Waals surface area contributed by atoms with E-state index < -0.39 is 0 Å². The third-order valence-corrected chi connectivity index (χ3v) is 3.92. The molecule has 0 bridgehead atoms. The molecule has 19 heavy (non-hydrogen) atoms. The van der Waals surface area contributed by atoms with Crippen molar-refractivity contribution in [1.82, 2.24) is 9.38 Å². The van der Waals surface area contributed by atoms with Crippen LogP contribution in [-0.4, -0.2) is 29.0 Å². The van der Waals surface area contributed by atoms with Crippen LogP contribution >= 0.6 is 11.3 Å². The summed E-state index contributed by atoms with van der Waals surface area (Å²) in [4.78, 5) is 30.0. The zero-order chi connectivity index (χ0) is 14.2. The SMILES string of the molecule is COCC(=O)Nc1c(C)nc2sc(C)c(C)n2c1=O. The Morgan fingerprint density at radius 2 is 2.11 bits per heavy atom. The molecule has 6 nitrogen and oxygen atoms in total. The average Bonchev–Trinajstić information content (AvgIpc) is 2.61. The van der Waals surface area contributed by atoms with Crippen molar-refractivity contribution in [2.75, 3.05) is 19.0 Å². The van der Waals surface area contributed by atoms with Gasteiger partial charge in [-0.15, -0.1) is 11.3 Å². The number of hydrogen-bond donors (Lipinski definition) is 1. The van der Waals surface area contributed by atoms with Crippen LogP contribution < -0.4 is 10.9 Å². The van der Waals surface area contributed by atoms with Gasteiger partial charge < -0.3 is 10.1 Å². The molecule has 2 aromatic rings. The molecule has 1 amide bonds. The molecule has 0 fully saturated rings. The Kier molecular flexibility index (Phi) is 3.68. The van der Waals surface area contributed by atoms with Gasteiger partial charge in [-0.1, -0.05) is 0 Å². The summed E-state index contributed by atoms with van der Waals surface area (Å²) in [6.07, 6.45) is 0. The lowest BCUT2D eigenvalue weighted by Gasteiger charge is -2.07. The van der Waals surface area contributed by atoms with E-state index in [1.807, 2.05) is 13.8 Å². The zero-order valence-corrected chi connectivity index (χ0v) is 12.1. The Morgan fingerprint density at radius 1 is 1.42 bits per heavy atom. The molecule has 2 rings (SSSR count). The fraction of sp³-hybridized carbons (Fsp3) is 0.417. The van der Waals surface area contributed by atoms with Crippen molar-refractivity contribution in [3.63, 3.8) is 0 Å². The maximum absolute atomic E-state index is 12.4. The molecule has 0 atom stereocenters. The van der Waals surface area contributed by atoms with Crippen molar-refractivity contribution in [2.45, 2.75) is 20.8 Å². The number of methoxy groups -OCH3 is 1. The predicted octanol–water partition coefficient (Wildman–Crippen LogP) is 1.27. The molecule has 0 unspecified atom stereocenters. The number of hydrogen-bond acceptors (Lipinski definition) is 5. The molecule has 2 heterocycles. The molecule has 0 radical (unpaired) electrons. The highest BCUT2D eigenvalue weighted by atomic mass is 32.1. The van der Waals surface area contributed by atoms with E-state index in [4.69, 9.17) is 4.74 Å². The van der Waals surface area contributed by atoms with Gasteiger partial charge in [-0.25, -0.2) is 4.98 Å². The van der Waals surface area contributed by atoms with Crippen LogP contribution in [0.15, 0.2) is 4.79 Å². The van der Waals surface area contributed by atoms with Crippen LogP contribution in [0, 0.1) is 20.8 Å². The van der Waals surface area contributed by atoms with Crippen LogP contribution in [0.4, 0.5) is 5.69 Å². The first-order valence-electron chi connectivity index (χ1n) is 5.74. The molecule has 1 N–H and O–H groups in total. The highest BCUT2D eigenvalue weighted by Crippen LogP contribution is 2.20. The molecular formula is C12H15N3O3S. The minimum atomic E-state index is -0.367. The number of amides is 1. The lowest BCUT2D eigenvalue weighted by Crippen LogP contribution is -2.26. The number of aromatic nitrogens is 2. The standard InChI is InChI=1S/C12H15N3O3S/c1-6-10(14-9(16)5-18-4)11(17)15-7(2)8(3)19-12(15)13-6/h5H2,1-4H3,(H,14,16). The van der Waals surface area contributed by atoms with Crippen LogP contribution in [-0.2, 0) is 9.53 Å². The minimum Gasteiger partial charge on any atom is -0.375 e. The monoisotopic (exact) mass is 281 g/mol. The second-order valence-corrected chi connectivity index (χ2v) is 5.40. The van der Waals surface area contributed by atoms with Crippen molar-refractivity contribution < 1.29 is 9.53 Å². The summed E-state index contributed by atoms with van der Waals surface area (Å²) in [5, 5.41) is 2.55. The average molecular weight is 281 g/mol. The van der Waals surface area contributed by atoms with Gasteiger partial charge in [0.1, 0.15) is 12.3 Å². The summed E-state index contributed by atoms with van der Waals surface area (Å²) < 4.78 is 6.25. The van der Waals surface area contributed by atoms with Gasteiger partial charge >= 0.3 is 0 Å². The fourth-order valence-electron chi connectivity index (χ4n) is 1.79. The van der Waals surface area contributed by atoms with Gasteiger partial charge in [0, 0.05) is 17.7 Å². The van der Waals surface area contributed by atoms with Crippen LogP contribution in [0.25, 0.3) is 4.96 Å². The van der Waals surface area contributed by atoms with Gasteiger partial charge in [-0.05, 0) is 20.8 Å². The molecule has 0 aliphatic heterocycles. The molecule has 2 aromatic heterocycles. The summed E-state index contributed by atoms with van der Waals surface area (Å²) in [6.45, 7) is 5.40. The molecule has 0 spiro atoms. The van der Waals surface area contributed by atoms with Gasteiger partial charge in [0.15, 0.2) is 4.96 Å². The van der Waals surface area contributed by atoms with Crippen LogP contribution in [0.1, 0.15) is 16.3 Å². The maximum atomic E-state index is 12.4. The van der Waals surface area contributed by atoms with Crippen molar-refractivity contribution in [1.29, 1.82) is 0 Å². The first-order valence-corrected chi connectivity index (χ1v) is 6.55. The van der Waals surface area contributed by atoms with E-state index in [0.717, 1.165) is 10.6 Å². The van der Waals surface area contributed by atoms with Crippen LogP contribution in [0.2, 0.25) is 0 Å². The van der Waals surface area contributed by atoms with E-state index in [1.54, 1.807) is 6.92 Å². The van der Waals surface area contributed by atoms with E-state index in [2.05, 4.69) is 10.3 Å². The van der Waals surface area contributed by atoms with Crippen LogP contribution in [0.5, 0.6) is 0 Å². The Labute approximate surface area is 114 Å². The molecule has 0 aliphatic rings. The lowest BCUT2D eigenvalue weighted by molar-refractivity contribution is -0.119. The van der Waals surface area contributed by atoms with E-state index >= 15 is 0 Å². The normalized spacial score (nSPS) is 10.9. The Bertz CT molecular complexity index is 702. The van der Waals surface area contributed by atoms with Crippen molar-refractivity contribution in [2.24, 2.45) is 0 Å². The highest BCUT2D eigenvalue weighted by Gasteiger charge is 2.16. The first-order chi connectivity index (χ1) is 8.95. The summed E-state index contributed by atoms with van der Waals surface area (Å²) in [6, 6.07) is 0. The predicted molar refractivity (Wildman–Crippen MR) is 74.1 cm³/mol. The number of thiazole rings is 1. The lowest BCUT2D eigenvalue weighted by atomic mass is 10.3. The van der Waals surface area contributed by atoms with E-state index in [9.17, 15) is 9.59 Å². The molecular weight excluding hydrogens is 266 g/mol. The van der Waals surface area contributed by atoms with E-state index in [1.165, 1.54) is 22.8 Å². The topological polar surface area (TPSA) is 72.7 Å². The zero-order valence-electron chi connectivity index (χ0n) is 11.2. The third kappa shape index (κ3) is 2.39. The van der Waals surface area contributed by atoms with Crippen molar-refractivity contribution in [3.05, 3.63) is 26.6 Å². The van der Waals surface area contributed by atoms with E-state index in [0.29, 0.717) is 10.7 Å². The number of rotatable bonds is 3. The molecule has 7 heteroatoms. The number of nitrogens with zero attached hydrogens (tertiary/aromatic N) is 2. The Hall–Kier alpha value is -1.73. The Morgan fingerprint density at radius 3 is 2.74 bits per heavy atom. The fourth-order valence-corrected chi connectivity index (χ4v) is 2.79. The van der Waals surface area contributed by atoms with Gasteiger partial charge in [-0.2, -0.15) is 0 Å². The van der Waals surface area contributed by atoms with Gasteiger partial charge in [0.2, 0.25) is 0 Å². The first kappa shape index (κ1) is 13.7. The minimum absolute atomic E-state index is 0.0940. The van der Waals surface area contributed by atoms with Gasteiger partial charge in [-0.3, -0.25) is 14.0 Å². The Balaban J connectivity index is 2.59. The summed E-state index contributed by atoms with van der Waals surface area (Å²) >= 11 is 1.46. The number of nitrogens with one attached hydrogen (secondary N) is 1. The largest absolute Gasteiger partial charge is 0.375 e. The number of anilines is 1. The summed E-state index contributed by atoms with van der Waals surface area (Å²) in [7, 11) is 1.42. The number of ether oxygens (including phenoxy) is 1. The number of carbonyl (C=O) groups excluding carboxylic acids is 1. The maximum Gasteiger partial charge on any atom is 0.282 e. The number of aryl methyl sites for hydroxylation is 3. The van der Waals surface area contributed by atoms with Crippen molar-refractivity contribution >= 4 is 27.9 Å². The number of fused-ring (bicyclic) bond motifs is 1. The van der Waals surface area contributed by atoms with Crippen LogP contribution in [0.3, 0.4) is 0 Å². The quantitative estimate of drug-likeness (QED) is 0.919. The van der Waals surface area contributed by atoms with E-state index in [-0.39, 0.29) is 23.8 Å². The molecule has 0 saturated carbocycles. The second kappa shape index (κ2) is 5.10. The van der Waals surface area contributed by atoms with Gasteiger partial charge in [0.25, 0.3) is 11.5 Å². The molecule has 0 saturated heterocycles. The molecule has 0 aromatic carbocycles. The second-order valence-electron chi connectivity index (χ2n) is 4.22. The highest BCUT2D eigenvalue weighted by molar-refractivity contribution is 7.17. The van der Waals surface area contributed by atoms with Crippen molar-refractivity contribution in [3.8, 4) is 0 Å². The molecule has 102 valence electrons. The third-order valence-electron chi connectivity index (χ3n) is 2.86. The van der Waals surface area contributed by atoms with Gasteiger partial charge in [0.05, 0.1) is 5.69 Å². The number of carbonyl (C=O) groups is 1. The summed E-state index contributed by atoms with van der Waals surface area (Å²) in [5.74, 6) is -0.367. The summed E-state index contributed by atoms with van der Waals surface area (Å²) in [5.41, 5.74) is 1.31.